The van der Waals surface area contributed by atoms with Crippen LogP contribution in [-0.4, -0.2) is 153 Å². The van der Waals surface area contributed by atoms with Crippen molar-refractivity contribution in [3.63, 3.8) is 0 Å². The molecular formula is C29H54N2O11. The Balaban J connectivity index is 1.82. The summed E-state index contributed by atoms with van der Waals surface area (Å²) in [7, 11) is 1.70. The normalized spacial score (nSPS) is 33.7. The summed E-state index contributed by atoms with van der Waals surface area (Å²) in [4.78, 5) is 25.9. The van der Waals surface area contributed by atoms with E-state index in [0.717, 1.165) is 25.8 Å². The van der Waals surface area contributed by atoms with Crippen molar-refractivity contribution in [2.45, 2.75) is 132 Å². The Morgan fingerprint density at radius 1 is 0.643 bits per heavy atom. The quantitative estimate of drug-likeness (QED) is 0.0725. The fraction of sp³-hybridized carbons (Fsp3) is 0.931. The lowest BCUT2D eigenvalue weighted by molar-refractivity contribution is -0.230. The highest BCUT2D eigenvalue weighted by Gasteiger charge is 2.43. The van der Waals surface area contributed by atoms with E-state index in [2.05, 4.69) is 10.2 Å². The summed E-state index contributed by atoms with van der Waals surface area (Å²) in [6, 6.07) is 0. The molecule has 0 radical (unpaired) electrons. The minimum Gasteiger partial charge on any atom is -0.394 e. The molecule has 0 saturated carbocycles. The van der Waals surface area contributed by atoms with Crippen molar-refractivity contribution in [2.75, 3.05) is 39.8 Å². The summed E-state index contributed by atoms with van der Waals surface area (Å²) in [5.41, 5.74) is 0. The molecule has 2 heterocycles. The lowest BCUT2D eigenvalue weighted by atomic mass is 9.92. The number of hydrogen-bond donors (Lipinski definition) is 8. The maximum absolute atomic E-state index is 12.1. The summed E-state index contributed by atoms with van der Waals surface area (Å²) in [5, 5.41) is 73.0. The number of Topliss-reactive ketones (excluding diaryl/α,β-unsaturated/α-hetero) is 2. The molecule has 0 unspecified atom stereocenters. The van der Waals surface area contributed by atoms with Crippen molar-refractivity contribution < 1.29 is 54.8 Å². The zero-order valence-corrected chi connectivity index (χ0v) is 25.1. The van der Waals surface area contributed by atoms with Crippen LogP contribution in [0.15, 0.2) is 0 Å². The number of unbranched alkanes of at least 4 members (excludes halogenated alkanes) is 2. The monoisotopic (exact) mass is 606 g/mol. The van der Waals surface area contributed by atoms with Gasteiger partial charge in [0.2, 0.25) is 0 Å². The molecular weight excluding hydrogens is 552 g/mol. The lowest BCUT2D eigenvalue weighted by Crippen LogP contribution is -2.58. The van der Waals surface area contributed by atoms with E-state index < -0.39 is 67.6 Å². The molecule has 42 heavy (non-hydrogen) atoms. The lowest BCUT2D eigenvalue weighted by Gasteiger charge is -2.40. The zero-order chi connectivity index (χ0) is 31.2. The first-order chi connectivity index (χ1) is 20.0. The molecule has 0 amide bonds. The van der Waals surface area contributed by atoms with E-state index in [4.69, 9.17) is 9.47 Å². The number of nitrogens with zero attached hydrogens (tertiary/aromatic N) is 1. The number of aliphatic hydroxyl groups excluding tert-OH is 7. The number of aliphatic hydroxyl groups is 7. The van der Waals surface area contributed by atoms with E-state index in [1.165, 1.54) is 0 Å². The van der Waals surface area contributed by atoms with Gasteiger partial charge in [-0.2, -0.15) is 0 Å². The van der Waals surface area contributed by atoms with Gasteiger partial charge in [0.05, 0.1) is 31.5 Å². The van der Waals surface area contributed by atoms with Crippen molar-refractivity contribution in [3.05, 3.63) is 0 Å². The van der Waals surface area contributed by atoms with E-state index in [0.29, 0.717) is 45.2 Å². The van der Waals surface area contributed by atoms with Gasteiger partial charge in [0.25, 0.3) is 0 Å². The standard InChI is InChI=1S/C29H54N2O11/c1-18-24(35)28(39)25(36)21(41-18)9-6-14-31(13-5-3-4-8-19(33)11-12-20(34)16-30-2)15-7-10-22-26(37)29(40)27(38)23(17-32)42-22/h18,21-30,32,35-40H,3-17H2,1-2H3/t18-,21-,22-,23+,24+,25+,26-,27+,28+,29+/m0/s1. The van der Waals surface area contributed by atoms with Crippen LogP contribution in [0, 0.1) is 0 Å². The molecule has 10 atom stereocenters. The number of ether oxygens (including phenoxy) is 2. The number of rotatable bonds is 20. The van der Waals surface area contributed by atoms with Crippen molar-refractivity contribution in [1.82, 2.24) is 10.2 Å². The van der Waals surface area contributed by atoms with E-state index in [1.807, 2.05) is 0 Å². The summed E-state index contributed by atoms with van der Waals surface area (Å²) in [6.45, 7) is 3.52. The number of hydrogen-bond acceptors (Lipinski definition) is 13. The predicted molar refractivity (Wildman–Crippen MR) is 153 cm³/mol. The molecule has 8 N–H and O–H groups in total. The fourth-order valence-corrected chi connectivity index (χ4v) is 5.68. The molecule has 246 valence electrons. The summed E-state index contributed by atoms with van der Waals surface area (Å²) >= 11 is 0. The van der Waals surface area contributed by atoms with Crippen LogP contribution in [0.3, 0.4) is 0 Å². The molecule has 0 spiro atoms. The Kier molecular flexibility index (Phi) is 17.1. The molecule has 2 rings (SSSR count). The SMILES string of the molecule is CNCC(=O)CCC(=O)CCCCCN(CCC[C@@H]1O[C@H](CO)[C@@H](O)[C@H](O)[C@H]1O)CCC[C@@H]1O[C@@H](C)[C@@H](O)[C@@H](O)[C@@H]1O. The van der Waals surface area contributed by atoms with Crippen molar-refractivity contribution >= 4 is 11.6 Å². The first-order valence-electron chi connectivity index (χ1n) is 15.4. The molecule has 0 aromatic heterocycles. The van der Waals surface area contributed by atoms with Gasteiger partial charge in [-0.3, -0.25) is 9.59 Å². The first-order valence-corrected chi connectivity index (χ1v) is 15.4. The topological polar surface area (TPSA) is 209 Å². The van der Waals surface area contributed by atoms with Gasteiger partial charge in [-0.15, -0.1) is 0 Å². The molecule has 0 bridgehead atoms. The molecule has 0 aliphatic carbocycles. The summed E-state index contributed by atoms with van der Waals surface area (Å²) in [6.07, 6.45) is -4.95. The van der Waals surface area contributed by atoms with Crippen LogP contribution in [0.1, 0.15) is 71.1 Å². The molecule has 2 aliphatic rings. The largest absolute Gasteiger partial charge is 0.394 e. The maximum Gasteiger partial charge on any atom is 0.147 e. The van der Waals surface area contributed by atoms with Crippen LogP contribution in [0.4, 0.5) is 0 Å². The highest BCUT2D eigenvalue weighted by molar-refractivity contribution is 5.86. The van der Waals surface area contributed by atoms with Gasteiger partial charge >= 0.3 is 0 Å². The molecule has 2 saturated heterocycles. The zero-order valence-electron chi connectivity index (χ0n) is 25.1. The van der Waals surface area contributed by atoms with E-state index >= 15 is 0 Å². The van der Waals surface area contributed by atoms with Gasteiger partial charge in [-0.25, -0.2) is 0 Å². The van der Waals surface area contributed by atoms with Gasteiger partial charge in [-0.1, -0.05) is 6.42 Å². The Labute approximate surface area is 248 Å². The van der Waals surface area contributed by atoms with Crippen LogP contribution in [0.5, 0.6) is 0 Å². The van der Waals surface area contributed by atoms with Crippen molar-refractivity contribution in [3.8, 4) is 0 Å². The Bertz CT molecular complexity index is 789. The number of carbonyl (C=O) groups is 2. The smallest absolute Gasteiger partial charge is 0.147 e. The van der Waals surface area contributed by atoms with Crippen molar-refractivity contribution in [2.24, 2.45) is 0 Å². The third-order valence-corrected chi connectivity index (χ3v) is 8.35. The highest BCUT2D eigenvalue weighted by Crippen LogP contribution is 2.25. The van der Waals surface area contributed by atoms with E-state index in [1.54, 1.807) is 14.0 Å². The first kappa shape index (κ1) is 37.1. The minimum atomic E-state index is -1.40. The summed E-state index contributed by atoms with van der Waals surface area (Å²) < 4.78 is 11.3. The third kappa shape index (κ3) is 11.8. The van der Waals surface area contributed by atoms with Crippen LogP contribution < -0.4 is 5.32 Å². The Morgan fingerprint density at radius 2 is 1.17 bits per heavy atom. The summed E-state index contributed by atoms with van der Waals surface area (Å²) in [5.74, 6) is 0.111. The number of carbonyl (C=O) groups excluding carboxylic acids is 2. The van der Waals surface area contributed by atoms with Gasteiger partial charge in [-0.05, 0) is 72.1 Å². The second kappa shape index (κ2) is 19.3. The van der Waals surface area contributed by atoms with E-state index in [-0.39, 0.29) is 31.0 Å². The minimum absolute atomic E-state index is 0.0245. The molecule has 2 fully saturated rings. The number of likely N-dealkylation sites (N-methyl/N-ethyl adjacent to an activating group) is 1. The van der Waals surface area contributed by atoms with Crippen LogP contribution >= 0.6 is 0 Å². The Morgan fingerprint density at radius 3 is 1.76 bits per heavy atom. The fourth-order valence-electron chi connectivity index (χ4n) is 5.68. The molecule has 0 aromatic carbocycles. The van der Waals surface area contributed by atoms with Crippen LogP contribution in [0.2, 0.25) is 0 Å². The molecule has 2 aliphatic heterocycles. The average Bonchev–Trinajstić information content (AvgIpc) is 2.97. The maximum atomic E-state index is 12.1. The van der Waals surface area contributed by atoms with Gasteiger partial charge in [0.15, 0.2) is 0 Å². The highest BCUT2D eigenvalue weighted by atomic mass is 16.5. The number of ketones is 2. The predicted octanol–water partition coefficient (Wildman–Crippen LogP) is -1.74. The van der Waals surface area contributed by atoms with Gasteiger partial charge in [0.1, 0.15) is 54.3 Å². The number of nitrogens with one attached hydrogen (secondary N) is 1. The van der Waals surface area contributed by atoms with Crippen LogP contribution in [0.25, 0.3) is 0 Å². The average molecular weight is 607 g/mol. The Hall–Kier alpha value is -1.10. The van der Waals surface area contributed by atoms with E-state index in [9.17, 15) is 45.3 Å². The molecule has 13 nitrogen and oxygen atoms in total. The third-order valence-electron chi connectivity index (χ3n) is 8.35. The van der Waals surface area contributed by atoms with Crippen LogP contribution in [-0.2, 0) is 19.1 Å². The van der Waals surface area contributed by atoms with Crippen molar-refractivity contribution in [1.29, 1.82) is 0 Å². The van der Waals surface area contributed by atoms with Gasteiger partial charge < -0.3 is 55.4 Å². The second-order valence-electron chi connectivity index (χ2n) is 11.8. The second-order valence-corrected chi connectivity index (χ2v) is 11.8. The molecule has 0 aromatic rings. The van der Waals surface area contributed by atoms with Gasteiger partial charge in [0, 0.05) is 19.3 Å². The molecule has 13 heteroatoms.